The van der Waals surface area contributed by atoms with Crippen molar-refractivity contribution in [3.63, 3.8) is 0 Å². The predicted molar refractivity (Wildman–Crippen MR) is 104 cm³/mol. The third kappa shape index (κ3) is 7.28. The Kier molecular flexibility index (Phi) is 7.95. The van der Waals surface area contributed by atoms with E-state index in [0.717, 1.165) is 22.8 Å². The SMILES string of the molecule is COc1ccc(OC[C@@H](C)NC(=O)CSCc2cccc(Cl)c2)cc1. The summed E-state index contributed by atoms with van der Waals surface area (Å²) < 4.78 is 10.8. The molecule has 0 saturated carbocycles. The molecule has 0 bridgehead atoms. The molecule has 134 valence electrons. The number of rotatable bonds is 9. The van der Waals surface area contributed by atoms with Gasteiger partial charge < -0.3 is 14.8 Å². The highest BCUT2D eigenvalue weighted by atomic mass is 35.5. The van der Waals surface area contributed by atoms with Crippen LogP contribution in [0.5, 0.6) is 11.5 Å². The van der Waals surface area contributed by atoms with Crippen LogP contribution in [0.2, 0.25) is 5.02 Å². The molecule has 2 aromatic rings. The van der Waals surface area contributed by atoms with Gasteiger partial charge in [0.25, 0.3) is 0 Å². The molecular weight excluding hydrogens is 358 g/mol. The van der Waals surface area contributed by atoms with Gasteiger partial charge in [-0.2, -0.15) is 0 Å². The number of hydrogen-bond donors (Lipinski definition) is 1. The van der Waals surface area contributed by atoms with E-state index in [9.17, 15) is 4.79 Å². The lowest BCUT2D eigenvalue weighted by Crippen LogP contribution is -2.37. The van der Waals surface area contributed by atoms with E-state index in [-0.39, 0.29) is 11.9 Å². The largest absolute Gasteiger partial charge is 0.497 e. The lowest BCUT2D eigenvalue weighted by Gasteiger charge is -2.15. The molecule has 0 unspecified atom stereocenters. The van der Waals surface area contributed by atoms with Gasteiger partial charge in [0.15, 0.2) is 0 Å². The van der Waals surface area contributed by atoms with Gasteiger partial charge in [-0.1, -0.05) is 23.7 Å². The molecule has 0 aromatic heterocycles. The Hall–Kier alpha value is -1.85. The number of hydrogen-bond acceptors (Lipinski definition) is 4. The van der Waals surface area contributed by atoms with Crippen molar-refractivity contribution in [2.45, 2.75) is 18.7 Å². The first-order valence-electron chi connectivity index (χ1n) is 7.95. The molecule has 4 nitrogen and oxygen atoms in total. The molecule has 0 saturated heterocycles. The van der Waals surface area contributed by atoms with Gasteiger partial charge in [-0.05, 0) is 48.9 Å². The molecule has 0 radical (unpaired) electrons. The summed E-state index contributed by atoms with van der Waals surface area (Å²) in [6.07, 6.45) is 0. The average molecular weight is 380 g/mol. The third-order valence-electron chi connectivity index (χ3n) is 3.36. The van der Waals surface area contributed by atoms with Crippen molar-refractivity contribution in [3.05, 3.63) is 59.1 Å². The number of benzene rings is 2. The summed E-state index contributed by atoms with van der Waals surface area (Å²) in [5.74, 6) is 2.69. The Morgan fingerprint density at radius 1 is 1.20 bits per heavy atom. The second-order valence-electron chi connectivity index (χ2n) is 5.58. The summed E-state index contributed by atoms with van der Waals surface area (Å²) in [6, 6.07) is 15.0. The van der Waals surface area contributed by atoms with Gasteiger partial charge in [-0.25, -0.2) is 0 Å². The maximum atomic E-state index is 12.0. The Morgan fingerprint density at radius 2 is 1.92 bits per heavy atom. The lowest BCUT2D eigenvalue weighted by atomic mass is 10.2. The van der Waals surface area contributed by atoms with Gasteiger partial charge in [0.1, 0.15) is 18.1 Å². The Bertz CT molecular complexity index is 679. The molecule has 2 aromatic carbocycles. The Morgan fingerprint density at radius 3 is 2.60 bits per heavy atom. The molecule has 1 amide bonds. The zero-order chi connectivity index (χ0) is 18.1. The monoisotopic (exact) mass is 379 g/mol. The van der Waals surface area contributed by atoms with Crippen molar-refractivity contribution >= 4 is 29.3 Å². The fraction of sp³-hybridized carbons (Fsp3) is 0.316. The average Bonchev–Trinajstić information content (AvgIpc) is 2.60. The zero-order valence-corrected chi connectivity index (χ0v) is 15.9. The number of thioether (sulfide) groups is 1. The Balaban J connectivity index is 1.65. The van der Waals surface area contributed by atoms with Gasteiger partial charge in [-0.15, -0.1) is 11.8 Å². The molecular formula is C19H22ClNO3S. The van der Waals surface area contributed by atoms with E-state index in [0.29, 0.717) is 17.4 Å². The Labute approximate surface area is 157 Å². The van der Waals surface area contributed by atoms with Crippen LogP contribution in [0.25, 0.3) is 0 Å². The second kappa shape index (κ2) is 10.2. The normalized spacial score (nSPS) is 11.6. The zero-order valence-electron chi connectivity index (χ0n) is 14.3. The van der Waals surface area contributed by atoms with E-state index in [1.165, 1.54) is 0 Å². The smallest absolute Gasteiger partial charge is 0.230 e. The van der Waals surface area contributed by atoms with Crippen LogP contribution in [0.3, 0.4) is 0 Å². The quantitative estimate of drug-likeness (QED) is 0.710. The van der Waals surface area contributed by atoms with E-state index >= 15 is 0 Å². The number of methoxy groups -OCH3 is 1. The fourth-order valence-electron chi connectivity index (χ4n) is 2.14. The van der Waals surface area contributed by atoms with Crippen molar-refractivity contribution < 1.29 is 14.3 Å². The molecule has 1 N–H and O–H groups in total. The molecule has 2 rings (SSSR count). The van der Waals surface area contributed by atoms with Crippen molar-refractivity contribution in [1.82, 2.24) is 5.32 Å². The van der Waals surface area contributed by atoms with Crippen LogP contribution in [0.15, 0.2) is 48.5 Å². The van der Waals surface area contributed by atoms with Crippen LogP contribution in [0.1, 0.15) is 12.5 Å². The number of carbonyl (C=O) groups is 1. The van der Waals surface area contributed by atoms with E-state index in [1.807, 2.05) is 55.5 Å². The highest BCUT2D eigenvalue weighted by Crippen LogP contribution is 2.18. The highest BCUT2D eigenvalue weighted by Gasteiger charge is 2.08. The van der Waals surface area contributed by atoms with Gasteiger partial charge in [0.2, 0.25) is 5.91 Å². The summed E-state index contributed by atoms with van der Waals surface area (Å²) in [5.41, 5.74) is 1.11. The summed E-state index contributed by atoms with van der Waals surface area (Å²) in [4.78, 5) is 12.0. The predicted octanol–water partition coefficient (Wildman–Crippen LogP) is 4.17. The van der Waals surface area contributed by atoms with Gasteiger partial charge in [0.05, 0.1) is 18.9 Å². The van der Waals surface area contributed by atoms with Crippen LogP contribution in [-0.2, 0) is 10.5 Å². The number of ether oxygens (including phenoxy) is 2. The maximum absolute atomic E-state index is 12.0. The topological polar surface area (TPSA) is 47.6 Å². The van der Waals surface area contributed by atoms with Gasteiger partial charge >= 0.3 is 0 Å². The highest BCUT2D eigenvalue weighted by molar-refractivity contribution is 7.99. The molecule has 6 heteroatoms. The molecule has 0 heterocycles. The minimum Gasteiger partial charge on any atom is -0.497 e. The van der Waals surface area contributed by atoms with Crippen molar-refractivity contribution in [3.8, 4) is 11.5 Å². The number of nitrogens with one attached hydrogen (secondary N) is 1. The maximum Gasteiger partial charge on any atom is 0.230 e. The van der Waals surface area contributed by atoms with Crippen LogP contribution in [0.4, 0.5) is 0 Å². The molecule has 0 aliphatic rings. The molecule has 25 heavy (non-hydrogen) atoms. The third-order valence-corrected chi connectivity index (χ3v) is 4.60. The summed E-state index contributed by atoms with van der Waals surface area (Å²) in [7, 11) is 1.62. The summed E-state index contributed by atoms with van der Waals surface area (Å²) in [6.45, 7) is 2.33. The van der Waals surface area contributed by atoms with E-state index in [2.05, 4.69) is 5.32 Å². The van der Waals surface area contributed by atoms with Crippen LogP contribution < -0.4 is 14.8 Å². The summed E-state index contributed by atoms with van der Waals surface area (Å²) in [5, 5.41) is 3.65. The summed E-state index contributed by atoms with van der Waals surface area (Å²) >= 11 is 7.51. The first-order chi connectivity index (χ1) is 12.1. The van der Waals surface area contributed by atoms with Crippen LogP contribution in [0, 0.1) is 0 Å². The standard InChI is InChI=1S/C19H22ClNO3S/c1-14(11-24-18-8-6-17(23-2)7-9-18)21-19(22)13-25-12-15-4-3-5-16(20)10-15/h3-10,14H,11-13H2,1-2H3,(H,21,22)/t14-/m1/s1. The van der Waals surface area contributed by atoms with Crippen molar-refractivity contribution in [1.29, 1.82) is 0 Å². The van der Waals surface area contributed by atoms with Gasteiger partial charge in [-0.3, -0.25) is 4.79 Å². The molecule has 0 aliphatic carbocycles. The number of amides is 1. The van der Waals surface area contributed by atoms with Crippen LogP contribution in [-0.4, -0.2) is 31.4 Å². The number of carbonyl (C=O) groups excluding carboxylic acids is 1. The molecule has 0 aliphatic heterocycles. The number of halogens is 1. The molecule has 0 fully saturated rings. The van der Waals surface area contributed by atoms with Crippen molar-refractivity contribution in [2.75, 3.05) is 19.5 Å². The minimum atomic E-state index is -0.0682. The molecule has 0 spiro atoms. The fourth-order valence-corrected chi connectivity index (χ4v) is 3.14. The molecule has 1 atom stereocenters. The lowest BCUT2D eigenvalue weighted by molar-refractivity contribution is -0.119. The van der Waals surface area contributed by atoms with Crippen LogP contribution >= 0.6 is 23.4 Å². The first kappa shape index (κ1) is 19.5. The van der Waals surface area contributed by atoms with Gasteiger partial charge in [0, 0.05) is 10.8 Å². The van der Waals surface area contributed by atoms with E-state index in [4.69, 9.17) is 21.1 Å². The van der Waals surface area contributed by atoms with Crippen molar-refractivity contribution in [2.24, 2.45) is 0 Å². The van der Waals surface area contributed by atoms with E-state index in [1.54, 1.807) is 18.9 Å². The minimum absolute atomic E-state index is 0.00198. The van der Waals surface area contributed by atoms with E-state index < -0.39 is 0 Å². The second-order valence-corrected chi connectivity index (χ2v) is 7.00. The first-order valence-corrected chi connectivity index (χ1v) is 9.48.